The Kier molecular flexibility index (Phi) is 2.86. The molecule has 1 aromatic rings. The lowest BCUT2D eigenvalue weighted by Crippen LogP contribution is -2.32. The zero-order chi connectivity index (χ0) is 11.7. The molecule has 1 atom stereocenters. The minimum Gasteiger partial charge on any atom is -0.508 e. The van der Waals surface area contributed by atoms with Crippen LogP contribution in [0.15, 0.2) is 18.2 Å². The number of carbonyl (C=O) groups excluding carboxylic acids is 1. The van der Waals surface area contributed by atoms with Crippen LogP contribution in [0.3, 0.4) is 0 Å². The van der Waals surface area contributed by atoms with Crippen LogP contribution in [0.1, 0.15) is 30.9 Å². The first-order chi connectivity index (χ1) is 7.58. The van der Waals surface area contributed by atoms with E-state index >= 15 is 0 Å². The first kappa shape index (κ1) is 11.0. The standard InChI is InChI=1S/C13H17NO2/c1-9-8-14(10(2)15)6-5-11-7-12(16)3-4-13(9)11/h3-4,7,9,16H,5-6,8H2,1-2H3. The molecule has 1 aromatic carbocycles. The van der Waals surface area contributed by atoms with Crippen LogP contribution in [0, 0.1) is 0 Å². The average molecular weight is 219 g/mol. The molecule has 0 aromatic heterocycles. The van der Waals surface area contributed by atoms with E-state index in [-0.39, 0.29) is 5.91 Å². The van der Waals surface area contributed by atoms with E-state index in [2.05, 4.69) is 6.92 Å². The summed E-state index contributed by atoms with van der Waals surface area (Å²) in [4.78, 5) is 13.3. The number of fused-ring (bicyclic) bond motifs is 1. The van der Waals surface area contributed by atoms with Crippen molar-refractivity contribution in [3.63, 3.8) is 0 Å². The molecule has 0 spiro atoms. The molecule has 1 heterocycles. The van der Waals surface area contributed by atoms with E-state index in [9.17, 15) is 9.90 Å². The smallest absolute Gasteiger partial charge is 0.219 e. The second-order valence-corrected chi connectivity index (χ2v) is 4.50. The van der Waals surface area contributed by atoms with Gasteiger partial charge in [0.05, 0.1) is 0 Å². The monoisotopic (exact) mass is 219 g/mol. The lowest BCUT2D eigenvalue weighted by molar-refractivity contribution is -0.128. The van der Waals surface area contributed by atoms with Gasteiger partial charge in [0.15, 0.2) is 0 Å². The predicted octanol–water partition coefficient (Wildman–Crippen LogP) is 1.90. The summed E-state index contributed by atoms with van der Waals surface area (Å²) in [6.07, 6.45) is 0.827. The maximum Gasteiger partial charge on any atom is 0.219 e. The number of carbonyl (C=O) groups is 1. The van der Waals surface area contributed by atoms with Gasteiger partial charge in [-0.2, -0.15) is 0 Å². The summed E-state index contributed by atoms with van der Waals surface area (Å²) in [5.74, 6) is 0.771. The van der Waals surface area contributed by atoms with Crippen molar-refractivity contribution in [2.24, 2.45) is 0 Å². The Bertz CT molecular complexity index is 414. The van der Waals surface area contributed by atoms with Gasteiger partial charge in [-0.25, -0.2) is 0 Å². The minimum absolute atomic E-state index is 0.129. The quantitative estimate of drug-likeness (QED) is 0.724. The van der Waals surface area contributed by atoms with E-state index in [4.69, 9.17) is 0 Å². The molecule has 1 N–H and O–H groups in total. The number of hydrogen-bond acceptors (Lipinski definition) is 2. The number of rotatable bonds is 0. The highest BCUT2D eigenvalue weighted by Gasteiger charge is 2.21. The predicted molar refractivity (Wildman–Crippen MR) is 62.5 cm³/mol. The second-order valence-electron chi connectivity index (χ2n) is 4.50. The van der Waals surface area contributed by atoms with Crippen molar-refractivity contribution in [3.8, 4) is 5.75 Å². The molecular weight excluding hydrogens is 202 g/mol. The van der Waals surface area contributed by atoms with Crippen LogP contribution in [-0.4, -0.2) is 29.0 Å². The van der Waals surface area contributed by atoms with Crippen LogP contribution < -0.4 is 0 Å². The molecule has 0 radical (unpaired) electrons. The van der Waals surface area contributed by atoms with Gasteiger partial charge in [0.25, 0.3) is 0 Å². The Balaban J connectivity index is 2.31. The molecule has 3 nitrogen and oxygen atoms in total. The van der Waals surface area contributed by atoms with Gasteiger partial charge in [0, 0.05) is 20.0 Å². The number of aromatic hydroxyl groups is 1. The molecule has 0 saturated carbocycles. The van der Waals surface area contributed by atoms with Crippen molar-refractivity contribution >= 4 is 5.91 Å². The van der Waals surface area contributed by atoms with Gasteiger partial charge in [-0.1, -0.05) is 13.0 Å². The Morgan fingerprint density at radius 1 is 1.50 bits per heavy atom. The molecular formula is C13H17NO2. The van der Waals surface area contributed by atoms with Gasteiger partial charge in [-0.05, 0) is 35.6 Å². The third-order valence-corrected chi connectivity index (χ3v) is 3.25. The van der Waals surface area contributed by atoms with E-state index in [1.165, 1.54) is 5.56 Å². The van der Waals surface area contributed by atoms with Crippen LogP contribution >= 0.6 is 0 Å². The molecule has 1 unspecified atom stereocenters. The fraction of sp³-hybridized carbons (Fsp3) is 0.462. The summed E-state index contributed by atoms with van der Waals surface area (Å²) in [5, 5.41) is 9.46. The van der Waals surface area contributed by atoms with Crippen LogP contribution in [-0.2, 0) is 11.2 Å². The fourth-order valence-electron chi connectivity index (χ4n) is 2.35. The first-order valence-electron chi connectivity index (χ1n) is 5.65. The molecule has 1 aliphatic rings. The molecule has 3 heteroatoms. The summed E-state index contributed by atoms with van der Waals surface area (Å²) in [6, 6.07) is 5.51. The van der Waals surface area contributed by atoms with Crippen LogP contribution in [0.25, 0.3) is 0 Å². The van der Waals surface area contributed by atoms with Gasteiger partial charge in [0.1, 0.15) is 5.75 Å². The van der Waals surface area contributed by atoms with Crippen LogP contribution in [0.2, 0.25) is 0 Å². The van der Waals surface area contributed by atoms with Gasteiger partial charge in [0.2, 0.25) is 5.91 Å². The van der Waals surface area contributed by atoms with Crippen molar-refractivity contribution < 1.29 is 9.90 Å². The van der Waals surface area contributed by atoms with Crippen LogP contribution in [0.5, 0.6) is 5.75 Å². The van der Waals surface area contributed by atoms with E-state index < -0.39 is 0 Å². The van der Waals surface area contributed by atoms with Gasteiger partial charge >= 0.3 is 0 Å². The number of hydrogen-bond donors (Lipinski definition) is 1. The zero-order valence-corrected chi connectivity index (χ0v) is 9.73. The number of benzene rings is 1. The number of nitrogens with zero attached hydrogens (tertiary/aromatic N) is 1. The van der Waals surface area contributed by atoms with Crippen molar-refractivity contribution in [1.29, 1.82) is 0 Å². The molecule has 86 valence electrons. The summed E-state index contributed by atoms with van der Waals surface area (Å²) >= 11 is 0. The fourth-order valence-corrected chi connectivity index (χ4v) is 2.35. The first-order valence-corrected chi connectivity index (χ1v) is 5.65. The van der Waals surface area contributed by atoms with Crippen LogP contribution in [0.4, 0.5) is 0 Å². The molecule has 1 amide bonds. The third kappa shape index (κ3) is 2.03. The Labute approximate surface area is 95.7 Å². The highest BCUT2D eigenvalue weighted by molar-refractivity contribution is 5.73. The van der Waals surface area contributed by atoms with Gasteiger partial charge < -0.3 is 10.0 Å². The molecule has 0 bridgehead atoms. The summed E-state index contributed by atoms with van der Waals surface area (Å²) in [7, 11) is 0. The number of phenols is 1. The average Bonchev–Trinajstić information content (AvgIpc) is 2.38. The number of phenolic OH excluding ortho intramolecular Hbond substituents is 1. The van der Waals surface area contributed by atoms with Crippen molar-refractivity contribution in [2.75, 3.05) is 13.1 Å². The Morgan fingerprint density at radius 3 is 2.94 bits per heavy atom. The lowest BCUT2D eigenvalue weighted by Gasteiger charge is -2.21. The lowest BCUT2D eigenvalue weighted by atomic mass is 9.95. The maximum absolute atomic E-state index is 11.4. The zero-order valence-electron chi connectivity index (χ0n) is 9.73. The minimum atomic E-state index is 0.129. The highest BCUT2D eigenvalue weighted by Crippen LogP contribution is 2.27. The Morgan fingerprint density at radius 2 is 2.25 bits per heavy atom. The number of amides is 1. The largest absolute Gasteiger partial charge is 0.508 e. The molecule has 0 fully saturated rings. The normalized spacial score (nSPS) is 20.1. The summed E-state index contributed by atoms with van der Waals surface area (Å²) in [6.45, 7) is 5.25. The van der Waals surface area contributed by atoms with Gasteiger partial charge in [-0.15, -0.1) is 0 Å². The maximum atomic E-state index is 11.4. The molecule has 0 aliphatic carbocycles. The van der Waals surface area contributed by atoms with Crippen molar-refractivity contribution in [1.82, 2.24) is 4.90 Å². The Hall–Kier alpha value is -1.51. The van der Waals surface area contributed by atoms with Gasteiger partial charge in [-0.3, -0.25) is 4.79 Å². The molecule has 16 heavy (non-hydrogen) atoms. The van der Waals surface area contributed by atoms with Crippen molar-refractivity contribution in [3.05, 3.63) is 29.3 Å². The van der Waals surface area contributed by atoms with E-state index in [0.717, 1.165) is 25.1 Å². The highest BCUT2D eigenvalue weighted by atomic mass is 16.3. The van der Waals surface area contributed by atoms with Crippen molar-refractivity contribution in [2.45, 2.75) is 26.2 Å². The van der Waals surface area contributed by atoms with E-state index in [0.29, 0.717) is 11.7 Å². The second kappa shape index (κ2) is 4.16. The summed E-state index contributed by atoms with van der Waals surface area (Å²) < 4.78 is 0. The topological polar surface area (TPSA) is 40.5 Å². The summed E-state index contributed by atoms with van der Waals surface area (Å²) in [5.41, 5.74) is 2.41. The molecule has 1 aliphatic heterocycles. The SMILES string of the molecule is CC(=O)N1CCc2cc(O)ccc2C(C)C1. The third-order valence-electron chi connectivity index (χ3n) is 3.25. The van der Waals surface area contributed by atoms with E-state index in [1.807, 2.05) is 17.0 Å². The molecule has 2 rings (SSSR count). The molecule has 0 saturated heterocycles. The van der Waals surface area contributed by atoms with E-state index in [1.54, 1.807) is 13.0 Å².